The Hall–Kier alpha value is -1.84. The minimum Gasteiger partial charge on any atom is -0.481 e. The summed E-state index contributed by atoms with van der Waals surface area (Å²) in [6.07, 6.45) is 4.39. The SMILES string of the molecule is CC(C)(CCCCn1ccc2cc(F)ccc21)C(=O)O. The normalized spacial score (nSPS) is 11.9. The average molecular weight is 277 g/mol. The van der Waals surface area contributed by atoms with Crippen molar-refractivity contribution in [2.75, 3.05) is 0 Å². The Balaban J connectivity index is 1.92. The van der Waals surface area contributed by atoms with Gasteiger partial charge in [0.05, 0.1) is 5.41 Å². The van der Waals surface area contributed by atoms with E-state index in [1.54, 1.807) is 19.9 Å². The van der Waals surface area contributed by atoms with Crippen LogP contribution in [0.5, 0.6) is 0 Å². The van der Waals surface area contributed by atoms with E-state index in [2.05, 4.69) is 4.57 Å². The van der Waals surface area contributed by atoms with E-state index in [9.17, 15) is 9.18 Å². The van der Waals surface area contributed by atoms with Gasteiger partial charge in [-0.25, -0.2) is 4.39 Å². The maximum absolute atomic E-state index is 13.1. The fraction of sp³-hybridized carbons (Fsp3) is 0.438. The molecule has 108 valence electrons. The van der Waals surface area contributed by atoms with Crippen molar-refractivity contribution >= 4 is 16.9 Å². The Morgan fingerprint density at radius 1 is 1.30 bits per heavy atom. The third-order valence-electron chi connectivity index (χ3n) is 3.76. The van der Waals surface area contributed by atoms with Crippen molar-refractivity contribution in [2.45, 2.75) is 39.7 Å². The van der Waals surface area contributed by atoms with Crippen molar-refractivity contribution < 1.29 is 14.3 Å². The predicted octanol–water partition coefficient (Wildman–Crippen LogP) is 4.06. The van der Waals surface area contributed by atoms with Gasteiger partial charge in [-0.2, -0.15) is 0 Å². The smallest absolute Gasteiger partial charge is 0.309 e. The van der Waals surface area contributed by atoms with Crippen LogP contribution in [0.25, 0.3) is 10.9 Å². The molecule has 0 unspecified atom stereocenters. The van der Waals surface area contributed by atoms with Crippen LogP contribution in [-0.4, -0.2) is 15.6 Å². The monoisotopic (exact) mass is 277 g/mol. The zero-order chi connectivity index (χ0) is 14.8. The Bertz CT molecular complexity index is 616. The second kappa shape index (κ2) is 5.65. The average Bonchev–Trinajstić information content (AvgIpc) is 2.76. The number of nitrogens with zero attached hydrogens (tertiary/aromatic N) is 1. The second-order valence-corrected chi connectivity index (χ2v) is 5.86. The third kappa shape index (κ3) is 3.18. The van der Waals surface area contributed by atoms with E-state index in [-0.39, 0.29) is 5.82 Å². The lowest BCUT2D eigenvalue weighted by atomic mass is 9.87. The summed E-state index contributed by atoms with van der Waals surface area (Å²) in [6, 6.07) is 6.68. The predicted molar refractivity (Wildman–Crippen MR) is 77.2 cm³/mol. The molecule has 0 saturated heterocycles. The minimum absolute atomic E-state index is 0.224. The highest BCUT2D eigenvalue weighted by molar-refractivity contribution is 5.80. The number of fused-ring (bicyclic) bond motifs is 1. The van der Waals surface area contributed by atoms with Gasteiger partial charge in [0.15, 0.2) is 0 Å². The number of benzene rings is 1. The molecule has 20 heavy (non-hydrogen) atoms. The number of hydrogen-bond acceptors (Lipinski definition) is 1. The highest BCUT2D eigenvalue weighted by Crippen LogP contribution is 2.24. The first-order valence-electron chi connectivity index (χ1n) is 6.88. The molecule has 0 saturated carbocycles. The summed E-state index contributed by atoms with van der Waals surface area (Å²) in [4.78, 5) is 11.0. The van der Waals surface area contributed by atoms with Gasteiger partial charge in [-0.1, -0.05) is 6.42 Å². The highest BCUT2D eigenvalue weighted by Gasteiger charge is 2.25. The van der Waals surface area contributed by atoms with Crippen LogP contribution in [0.2, 0.25) is 0 Å². The van der Waals surface area contributed by atoms with Crippen LogP contribution in [0.4, 0.5) is 4.39 Å². The molecule has 0 radical (unpaired) electrons. The highest BCUT2D eigenvalue weighted by atomic mass is 19.1. The number of aromatic nitrogens is 1. The molecule has 0 fully saturated rings. The van der Waals surface area contributed by atoms with Gasteiger partial charge < -0.3 is 9.67 Å². The lowest BCUT2D eigenvalue weighted by Gasteiger charge is -2.18. The van der Waals surface area contributed by atoms with Crippen molar-refractivity contribution in [1.82, 2.24) is 4.57 Å². The van der Waals surface area contributed by atoms with E-state index in [0.29, 0.717) is 6.42 Å². The first-order valence-corrected chi connectivity index (χ1v) is 6.88. The number of carboxylic acids is 1. The van der Waals surface area contributed by atoms with Crippen molar-refractivity contribution in [3.63, 3.8) is 0 Å². The van der Waals surface area contributed by atoms with Gasteiger partial charge >= 0.3 is 5.97 Å². The van der Waals surface area contributed by atoms with Gasteiger partial charge in [0.1, 0.15) is 5.82 Å². The van der Waals surface area contributed by atoms with Crippen molar-refractivity contribution in [1.29, 1.82) is 0 Å². The molecule has 0 aliphatic carbocycles. The van der Waals surface area contributed by atoms with E-state index in [4.69, 9.17) is 5.11 Å². The van der Waals surface area contributed by atoms with Crippen LogP contribution in [0.3, 0.4) is 0 Å². The fourth-order valence-electron chi connectivity index (χ4n) is 2.32. The summed E-state index contributed by atoms with van der Waals surface area (Å²) in [7, 11) is 0. The zero-order valence-electron chi connectivity index (χ0n) is 11.9. The molecule has 1 aromatic carbocycles. The summed E-state index contributed by atoms with van der Waals surface area (Å²) in [5, 5.41) is 9.95. The molecule has 4 heteroatoms. The van der Waals surface area contributed by atoms with Crippen LogP contribution in [0, 0.1) is 11.2 Å². The van der Waals surface area contributed by atoms with E-state index in [0.717, 1.165) is 30.3 Å². The standard InChI is InChI=1S/C16H20FNO2/c1-16(2,15(19)20)8-3-4-9-18-10-7-12-11-13(17)5-6-14(12)18/h5-7,10-11H,3-4,8-9H2,1-2H3,(H,19,20). The van der Waals surface area contributed by atoms with Crippen LogP contribution < -0.4 is 0 Å². The van der Waals surface area contributed by atoms with E-state index >= 15 is 0 Å². The van der Waals surface area contributed by atoms with Crippen molar-refractivity contribution in [2.24, 2.45) is 5.41 Å². The number of aliphatic carboxylic acids is 1. The summed E-state index contributed by atoms with van der Waals surface area (Å²) in [6.45, 7) is 4.33. The van der Waals surface area contributed by atoms with Crippen LogP contribution in [0.15, 0.2) is 30.5 Å². The van der Waals surface area contributed by atoms with Crippen LogP contribution in [-0.2, 0) is 11.3 Å². The Morgan fingerprint density at radius 3 is 2.75 bits per heavy atom. The third-order valence-corrected chi connectivity index (χ3v) is 3.76. The fourth-order valence-corrected chi connectivity index (χ4v) is 2.32. The van der Waals surface area contributed by atoms with Gasteiger partial charge in [0, 0.05) is 23.6 Å². The number of carbonyl (C=O) groups is 1. The quantitative estimate of drug-likeness (QED) is 0.809. The lowest BCUT2D eigenvalue weighted by molar-refractivity contribution is -0.147. The van der Waals surface area contributed by atoms with Gasteiger partial charge in [-0.3, -0.25) is 4.79 Å². The van der Waals surface area contributed by atoms with Crippen LogP contribution in [0.1, 0.15) is 33.1 Å². The number of carboxylic acid groups (broad SMARTS) is 1. The van der Waals surface area contributed by atoms with Gasteiger partial charge in [-0.05, 0) is 51.0 Å². The topological polar surface area (TPSA) is 42.2 Å². The molecule has 0 amide bonds. The number of rotatable bonds is 6. The molecule has 0 atom stereocenters. The number of unbranched alkanes of at least 4 members (excludes halogenated alkanes) is 1. The Morgan fingerprint density at radius 2 is 2.05 bits per heavy atom. The molecule has 1 N–H and O–H groups in total. The number of hydrogen-bond donors (Lipinski definition) is 1. The molecule has 0 aliphatic heterocycles. The lowest BCUT2D eigenvalue weighted by Crippen LogP contribution is -2.23. The number of halogens is 1. The van der Waals surface area contributed by atoms with Gasteiger partial charge in [0.2, 0.25) is 0 Å². The first-order chi connectivity index (χ1) is 9.40. The molecule has 1 aromatic heterocycles. The van der Waals surface area contributed by atoms with Gasteiger partial charge in [0.25, 0.3) is 0 Å². The molecular formula is C16H20FNO2. The summed E-state index contributed by atoms with van der Waals surface area (Å²) in [5.41, 5.74) is 0.353. The van der Waals surface area contributed by atoms with E-state index < -0.39 is 11.4 Å². The maximum atomic E-state index is 13.1. The van der Waals surface area contributed by atoms with Crippen molar-refractivity contribution in [3.05, 3.63) is 36.3 Å². The molecule has 1 heterocycles. The van der Waals surface area contributed by atoms with Gasteiger partial charge in [-0.15, -0.1) is 0 Å². The Labute approximate surface area is 118 Å². The molecular weight excluding hydrogens is 257 g/mol. The molecule has 3 nitrogen and oxygen atoms in total. The molecule has 0 bridgehead atoms. The van der Waals surface area contributed by atoms with E-state index in [1.165, 1.54) is 12.1 Å². The second-order valence-electron chi connectivity index (χ2n) is 5.86. The van der Waals surface area contributed by atoms with E-state index in [1.807, 2.05) is 12.3 Å². The summed E-state index contributed by atoms with van der Waals surface area (Å²) in [5.74, 6) is -0.974. The zero-order valence-corrected chi connectivity index (χ0v) is 11.9. The molecule has 0 spiro atoms. The number of aryl methyl sites for hydroxylation is 1. The van der Waals surface area contributed by atoms with Crippen molar-refractivity contribution in [3.8, 4) is 0 Å². The first kappa shape index (κ1) is 14.6. The summed E-state index contributed by atoms with van der Waals surface area (Å²) >= 11 is 0. The molecule has 2 aromatic rings. The molecule has 0 aliphatic rings. The Kier molecular flexibility index (Phi) is 4.12. The largest absolute Gasteiger partial charge is 0.481 e. The van der Waals surface area contributed by atoms with Crippen LogP contribution >= 0.6 is 0 Å². The maximum Gasteiger partial charge on any atom is 0.309 e. The molecule has 2 rings (SSSR count). The minimum atomic E-state index is -0.751. The summed E-state index contributed by atoms with van der Waals surface area (Å²) < 4.78 is 15.2.